The zero-order chi connectivity index (χ0) is 13.8. The van der Waals surface area contributed by atoms with Gasteiger partial charge in [0.05, 0.1) is 5.75 Å². The lowest BCUT2D eigenvalue weighted by Gasteiger charge is -2.05. The van der Waals surface area contributed by atoms with E-state index in [1.807, 2.05) is 31.2 Å². The Morgan fingerprint density at radius 3 is 2.84 bits per heavy atom. The Morgan fingerprint density at radius 1 is 1.42 bits per heavy atom. The fourth-order valence-corrected chi connectivity index (χ4v) is 2.20. The highest BCUT2D eigenvalue weighted by Crippen LogP contribution is 2.15. The summed E-state index contributed by atoms with van der Waals surface area (Å²) in [5.41, 5.74) is 1.89. The van der Waals surface area contributed by atoms with Crippen LogP contribution in [0, 0.1) is 13.8 Å². The van der Waals surface area contributed by atoms with Crippen LogP contribution in [0.4, 0.5) is 5.69 Å². The number of amides is 1. The van der Waals surface area contributed by atoms with E-state index in [1.165, 1.54) is 16.4 Å². The summed E-state index contributed by atoms with van der Waals surface area (Å²) in [6.07, 6.45) is 0. The van der Waals surface area contributed by atoms with Crippen molar-refractivity contribution in [1.82, 2.24) is 14.9 Å². The number of aryl methyl sites for hydroxylation is 2. The molecule has 6 nitrogen and oxygen atoms in total. The zero-order valence-electron chi connectivity index (χ0n) is 10.8. The molecule has 0 atom stereocenters. The van der Waals surface area contributed by atoms with Crippen molar-refractivity contribution in [1.29, 1.82) is 0 Å². The molecule has 0 aliphatic carbocycles. The average Bonchev–Trinajstić information content (AvgIpc) is 2.68. The Hall–Kier alpha value is -2.02. The molecule has 1 aromatic heterocycles. The first kappa shape index (κ1) is 13.4. The number of nitrogens with zero attached hydrogens (tertiary/aromatic N) is 3. The van der Waals surface area contributed by atoms with Crippen LogP contribution in [0.3, 0.4) is 0 Å². The predicted molar refractivity (Wildman–Crippen MR) is 75.4 cm³/mol. The highest BCUT2D eigenvalue weighted by Gasteiger charge is 2.09. The molecule has 3 N–H and O–H groups in total. The van der Waals surface area contributed by atoms with Crippen molar-refractivity contribution >= 4 is 23.4 Å². The number of aromatic nitrogens is 3. The molecule has 19 heavy (non-hydrogen) atoms. The van der Waals surface area contributed by atoms with E-state index in [9.17, 15) is 4.79 Å². The molecule has 0 aliphatic heterocycles. The number of benzene rings is 1. The number of nitrogens with one attached hydrogen (secondary N) is 1. The molecular weight excluding hydrogens is 262 g/mol. The Bertz CT molecular complexity index is 596. The molecule has 0 radical (unpaired) electrons. The van der Waals surface area contributed by atoms with Crippen LogP contribution < -0.4 is 11.2 Å². The Balaban J connectivity index is 1.90. The van der Waals surface area contributed by atoms with Gasteiger partial charge in [0.1, 0.15) is 5.82 Å². The smallest absolute Gasteiger partial charge is 0.234 e. The zero-order valence-corrected chi connectivity index (χ0v) is 11.6. The minimum Gasteiger partial charge on any atom is -0.336 e. The highest BCUT2D eigenvalue weighted by atomic mass is 32.2. The largest absolute Gasteiger partial charge is 0.336 e. The van der Waals surface area contributed by atoms with Gasteiger partial charge in [-0.3, -0.25) is 4.79 Å². The number of nitrogen functional groups attached to an aromatic ring is 1. The van der Waals surface area contributed by atoms with E-state index < -0.39 is 0 Å². The molecule has 0 saturated carbocycles. The molecular formula is C12H15N5OS. The number of hydrogen-bond donors (Lipinski definition) is 2. The van der Waals surface area contributed by atoms with Crippen LogP contribution in [0.25, 0.3) is 0 Å². The fraction of sp³-hybridized carbons (Fsp3) is 0.250. The van der Waals surface area contributed by atoms with Crippen molar-refractivity contribution in [2.75, 3.05) is 16.9 Å². The molecule has 0 unspecified atom stereocenters. The summed E-state index contributed by atoms with van der Waals surface area (Å²) in [4.78, 5) is 11.8. The van der Waals surface area contributed by atoms with Crippen molar-refractivity contribution in [3.05, 3.63) is 35.7 Å². The Kier molecular flexibility index (Phi) is 4.06. The van der Waals surface area contributed by atoms with E-state index in [1.54, 1.807) is 6.92 Å². The van der Waals surface area contributed by atoms with Gasteiger partial charge in [-0.05, 0) is 31.5 Å². The number of nitrogens with two attached hydrogens (primary N) is 1. The number of carbonyl (C=O) groups is 1. The van der Waals surface area contributed by atoms with Gasteiger partial charge >= 0.3 is 0 Å². The third-order valence-electron chi connectivity index (χ3n) is 2.47. The molecule has 1 heterocycles. The predicted octanol–water partition coefficient (Wildman–Crippen LogP) is 1.34. The molecule has 0 aliphatic rings. The van der Waals surface area contributed by atoms with Crippen LogP contribution in [0.5, 0.6) is 0 Å². The van der Waals surface area contributed by atoms with E-state index >= 15 is 0 Å². The molecule has 100 valence electrons. The number of thioether (sulfide) groups is 1. The van der Waals surface area contributed by atoms with Crippen LogP contribution >= 0.6 is 11.8 Å². The number of rotatable bonds is 4. The lowest BCUT2D eigenvalue weighted by molar-refractivity contribution is -0.113. The molecule has 0 bridgehead atoms. The second-order valence-corrected chi connectivity index (χ2v) is 5.05. The van der Waals surface area contributed by atoms with Crippen molar-refractivity contribution in [3.8, 4) is 0 Å². The van der Waals surface area contributed by atoms with Crippen LogP contribution in [0.15, 0.2) is 29.4 Å². The summed E-state index contributed by atoms with van der Waals surface area (Å²) in [5, 5.41) is 11.1. The molecule has 2 aromatic rings. The summed E-state index contributed by atoms with van der Waals surface area (Å²) in [5.74, 6) is 6.45. The summed E-state index contributed by atoms with van der Waals surface area (Å²) >= 11 is 1.25. The molecule has 2 rings (SSSR count). The molecule has 1 aromatic carbocycles. The third-order valence-corrected chi connectivity index (χ3v) is 3.41. The molecule has 1 amide bonds. The molecule has 0 saturated heterocycles. The molecule has 0 spiro atoms. The van der Waals surface area contributed by atoms with Crippen molar-refractivity contribution in [3.63, 3.8) is 0 Å². The van der Waals surface area contributed by atoms with Crippen molar-refractivity contribution in [2.45, 2.75) is 19.0 Å². The van der Waals surface area contributed by atoms with E-state index in [0.717, 1.165) is 11.3 Å². The first-order valence-corrected chi connectivity index (χ1v) is 6.71. The lowest BCUT2D eigenvalue weighted by atomic mass is 10.2. The number of hydrogen-bond acceptors (Lipinski definition) is 5. The Labute approximate surface area is 115 Å². The van der Waals surface area contributed by atoms with Crippen molar-refractivity contribution < 1.29 is 4.79 Å². The van der Waals surface area contributed by atoms with Crippen LogP contribution in [0.1, 0.15) is 11.4 Å². The first-order chi connectivity index (χ1) is 9.06. The standard InChI is InChI=1S/C12H15N5OS/c1-8-4-3-5-10(6-8)14-11(18)7-19-12-16-15-9(2)17(12)13/h3-6H,7,13H2,1-2H3,(H,14,18). The second-order valence-electron chi connectivity index (χ2n) is 4.11. The van der Waals surface area contributed by atoms with Gasteiger partial charge in [-0.15, -0.1) is 10.2 Å². The second kappa shape index (κ2) is 5.75. The highest BCUT2D eigenvalue weighted by molar-refractivity contribution is 7.99. The SMILES string of the molecule is Cc1cccc(NC(=O)CSc2nnc(C)n2N)c1. The van der Waals surface area contributed by atoms with E-state index in [4.69, 9.17) is 5.84 Å². The lowest BCUT2D eigenvalue weighted by Crippen LogP contribution is -2.16. The van der Waals surface area contributed by atoms with Gasteiger partial charge < -0.3 is 11.2 Å². The first-order valence-electron chi connectivity index (χ1n) is 5.72. The van der Waals surface area contributed by atoms with E-state index in [-0.39, 0.29) is 11.7 Å². The van der Waals surface area contributed by atoms with E-state index in [0.29, 0.717) is 11.0 Å². The Morgan fingerprint density at radius 2 is 2.21 bits per heavy atom. The van der Waals surface area contributed by atoms with Crippen LogP contribution in [-0.4, -0.2) is 26.5 Å². The van der Waals surface area contributed by atoms with Crippen LogP contribution in [-0.2, 0) is 4.79 Å². The third kappa shape index (κ3) is 3.47. The van der Waals surface area contributed by atoms with Gasteiger partial charge in [0.25, 0.3) is 0 Å². The minimum absolute atomic E-state index is 0.101. The molecule has 7 heteroatoms. The summed E-state index contributed by atoms with van der Waals surface area (Å²) in [6.45, 7) is 3.73. The maximum absolute atomic E-state index is 11.8. The van der Waals surface area contributed by atoms with Gasteiger partial charge in [0, 0.05) is 5.69 Å². The monoisotopic (exact) mass is 277 g/mol. The van der Waals surface area contributed by atoms with E-state index in [2.05, 4.69) is 15.5 Å². The summed E-state index contributed by atoms with van der Waals surface area (Å²) in [7, 11) is 0. The quantitative estimate of drug-likeness (QED) is 0.650. The average molecular weight is 277 g/mol. The summed E-state index contributed by atoms with van der Waals surface area (Å²) < 4.78 is 1.37. The van der Waals surface area contributed by atoms with Gasteiger partial charge in [0.15, 0.2) is 0 Å². The fourth-order valence-electron chi connectivity index (χ4n) is 1.50. The summed E-state index contributed by atoms with van der Waals surface area (Å²) in [6, 6.07) is 7.64. The topological polar surface area (TPSA) is 85.8 Å². The number of carbonyl (C=O) groups excluding carboxylic acids is 1. The van der Waals surface area contributed by atoms with Gasteiger partial charge in [-0.2, -0.15) is 0 Å². The van der Waals surface area contributed by atoms with Crippen molar-refractivity contribution in [2.24, 2.45) is 0 Å². The van der Waals surface area contributed by atoms with Gasteiger partial charge in [-0.1, -0.05) is 23.9 Å². The van der Waals surface area contributed by atoms with Gasteiger partial charge in [0.2, 0.25) is 11.1 Å². The molecule has 0 fully saturated rings. The number of anilines is 1. The normalized spacial score (nSPS) is 10.4. The van der Waals surface area contributed by atoms with Crippen LogP contribution in [0.2, 0.25) is 0 Å². The van der Waals surface area contributed by atoms with Gasteiger partial charge in [-0.25, -0.2) is 4.68 Å². The maximum atomic E-state index is 11.8. The maximum Gasteiger partial charge on any atom is 0.234 e. The minimum atomic E-state index is -0.101.